The molecule has 0 saturated carbocycles. The fraction of sp³-hybridized carbons (Fsp3) is 0.476. The van der Waals surface area contributed by atoms with Gasteiger partial charge in [0.1, 0.15) is 0 Å². The van der Waals surface area contributed by atoms with Crippen molar-refractivity contribution in [3.8, 4) is 0 Å². The van der Waals surface area contributed by atoms with Gasteiger partial charge in [0.2, 0.25) is 0 Å². The lowest BCUT2D eigenvalue weighted by molar-refractivity contribution is 0.769. The Morgan fingerprint density at radius 2 is 1.87 bits per heavy atom. The van der Waals surface area contributed by atoms with Gasteiger partial charge in [-0.05, 0) is 53.4 Å². The standard InChI is InChI=1S/C21H29NO/c1-15(2)9-8-10-16(3)13-14-19-17(4)21(23)18-11-6-7-12-20(18)22(19)5/h9,11-13H,6-8,10,14H2,1-5H3/b16-13+. The molecule has 1 aromatic heterocycles. The number of allylic oxidation sites excluding steroid dienone is 4. The summed E-state index contributed by atoms with van der Waals surface area (Å²) in [6, 6.07) is 0. The largest absolute Gasteiger partial charge is 0.347 e. The molecule has 0 aliphatic heterocycles. The molecule has 1 heterocycles. The molecule has 0 saturated heterocycles. The summed E-state index contributed by atoms with van der Waals surface area (Å²) in [5, 5.41) is 1.99. The van der Waals surface area contributed by atoms with Crippen LogP contribution in [0, 0.1) is 6.92 Å². The zero-order valence-corrected chi connectivity index (χ0v) is 15.2. The molecule has 2 rings (SSSR count). The summed E-state index contributed by atoms with van der Waals surface area (Å²) in [6.07, 6.45) is 13.9. The van der Waals surface area contributed by atoms with Crippen molar-refractivity contribution in [2.75, 3.05) is 0 Å². The quantitative estimate of drug-likeness (QED) is 0.765. The van der Waals surface area contributed by atoms with Crippen LogP contribution in [0.4, 0.5) is 0 Å². The zero-order chi connectivity index (χ0) is 17.0. The molecular weight excluding hydrogens is 282 g/mol. The molecule has 1 aliphatic carbocycles. The Hall–Kier alpha value is -1.83. The third-order valence-electron chi connectivity index (χ3n) is 4.65. The van der Waals surface area contributed by atoms with Gasteiger partial charge in [0, 0.05) is 35.3 Å². The fourth-order valence-corrected chi connectivity index (χ4v) is 3.17. The first kappa shape index (κ1) is 17.5. The maximum Gasteiger partial charge on any atom is 0.192 e. The first-order chi connectivity index (χ1) is 10.9. The predicted octanol–water partition coefficient (Wildman–Crippen LogP) is 3.28. The molecule has 0 spiro atoms. The molecule has 124 valence electrons. The van der Waals surface area contributed by atoms with Crippen molar-refractivity contribution >= 4 is 12.2 Å². The third kappa shape index (κ3) is 4.13. The minimum atomic E-state index is 0.208. The smallest absolute Gasteiger partial charge is 0.192 e. The molecule has 0 radical (unpaired) electrons. The van der Waals surface area contributed by atoms with Crippen LogP contribution in [0.1, 0.15) is 57.7 Å². The van der Waals surface area contributed by atoms with Crippen molar-refractivity contribution in [2.45, 2.75) is 59.8 Å². The van der Waals surface area contributed by atoms with Crippen LogP contribution < -0.4 is 16.0 Å². The number of nitrogens with zero attached hydrogens (tertiary/aromatic N) is 1. The Balaban J connectivity index is 2.30. The van der Waals surface area contributed by atoms with Crippen LogP contribution in [0.3, 0.4) is 0 Å². The monoisotopic (exact) mass is 311 g/mol. The minimum Gasteiger partial charge on any atom is -0.347 e. The van der Waals surface area contributed by atoms with Gasteiger partial charge in [0.05, 0.1) is 0 Å². The molecule has 23 heavy (non-hydrogen) atoms. The maximum absolute atomic E-state index is 12.6. The molecule has 0 fully saturated rings. The van der Waals surface area contributed by atoms with Gasteiger partial charge in [-0.2, -0.15) is 0 Å². The normalized spacial score (nSPS) is 13.9. The lowest BCUT2D eigenvalue weighted by Crippen LogP contribution is -2.48. The molecule has 2 heteroatoms. The number of hydrogen-bond donors (Lipinski definition) is 0. The first-order valence-electron chi connectivity index (χ1n) is 8.59. The average molecular weight is 311 g/mol. The van der Waals surface area contributed by atoms with Crippen molar-refractivity contribution < 1.29 is 0 Å². The minimum absolute atomic E-state index is 0.208. The zero-order valence-electron chi connectivity index (χ0n) is 15.2. The van der Waals surface area contributed by atoms with Gasteiger partial charge < -0.3 is 4.57 Å². The molecule has 0 aromatic carbocycles. The third-order valence-corrected chi connectivity index (χ3v) is 4.65. The Kier molecular flexibility index (Phi) is 5.81. The summed E-state index contributed by atoms with van der Waals surface area (Å²) in [7, 11) is 2.09. The lowest BCUT2D eigenvalue weighted by atomic mass is 10.0. The van der Waals surface area contributed by atoms with Gasteiger partial charge in [-0.25, -0.2) is 0 Å². The summed E-state index contributed by atoms with van der Waals surface area (Å²) in [6.45, 7) is 8.43. The summed E-state index contributed by atoms with van der Waals surface area (Å²) in [4.78, 5) is 12.6. The highest BCUT2D eigenvalue weighted by Crippen LogP contribution is 2.10. The number of pyridine rings is 1. The van der Waals surface area contributed by atoms with Crippen LogP contribution in [0.2, 0.25) is 0 Å². The first-order valence-corrected chi connectivity index (χ1v) is 8.59. The molecule has 0 atom stereocenters. The summed E-state index contributed by atoms with van der Waals surface area (Å²) < 4.78 is 2.21. The SMILES string of the molecule is CC(C)=CCC/C(C)=C/Cc1c(C)c(=O)c2c(n1C)=CCCC=2. The van der Waals surface area contributed by atoms with Gasteiger partial charge in [0.25, 0.3) is 0 Å². The maximum atomic E-state index is 12.6. The van der Waals surface area contributed by atoms with Gasteiger partial charge in [-0.1, -0.05) is 35.5 Å². The molecule has 0 N–H and O–H groups in total. The highest BCUT2D eigenvalue weighted by atomic mass is 16.1. The Morgan fingerprint density at radius 1 is 1.17 bits per heavy atom. The van der Waals surface area contributed by atoms with E-state index in [-0.39, 0.29) is 5.43 Å². The van der Waals surface area contributed by atoms with E-state index in [2.05, 4.69) is 56.7 Å². The van der Waals surface area contributed by atoms with Crippen LogP contribution in [0.25, 0.3) is 12.2 Å². The van der Waals surface area contributed by atoms with Crippen LogP contribution in [-0.2, 0) is 13.5 Å². The van der Waals surface area contributed by atoms with E-state index in [0.717, 1.165) is 53.9 Å². The van der Waals surface area contributed by atoms with E-state index in [1.54, 1.807) is 0 Å². The van der Waals surface area contributed by atoms with Gasteiger partial charge in [-0.15, -0.1) is 0 Å². The molecule has 0 amide bonds. The predicted molar refractivity (Wildman–Crippen MR) is 100.0 cm³/mol. The second-order valence-electron chi connectivity index (χ2n) is 6.82. The van der Waals surface area contributed by atoms with E-state index >= 15 is 0 Å². The van der Waals surface area contributed by atoms with Gasteiger partial charge in [-0.3, -0.25) is 4.79 Å². The molecule has 0 bridgehead atoms. The van der Waals surface area contributed by atoms with E-state index in [1.165, 1.54) is 11.1 Å². The van der Waals surface area contributed by atoms with Crippen LogP contribution in [-0.4, -0.2) is 4.57 Å². The van der Waals surface area contributed by atoms with Crippen LogP contribution in [0.15, 0.2) is 28.1 Å². The van der Waals surface area contributed by atoms with Crippen molar-refractivity contribution in [3.05, 3.63) is 55.3 Å². The van der Waals surface area contributed by atoms with Crippen molar-refractivity contribution in [1.82, 2.24) is 4.57 Å². The van der Waals surface area contributed by atoms with E-state index < -0.39 is 0 Å². The summed E-state index contributed by atoms with van der Waals surface area (Å²) in [5.74, 6) is 0. The topological polar surface area (TPSA) is 22.0 Å². The summed E-state index contributed by atoms with van der Waals surface area (Å²) in [5.41, 5.74) is 5.01. The highest BCUT2D eigenvalue weighted by Gasteiger charge is 2.10. The van der Waals surface area contributed by atoms with Crippen LogP contribution >= 0.6 is 0 Å². The Labute approximate surface area is 139 Å². The Morgan fingerprint density at radius 3 is 2.57 bits per heavy atom. The van der Waals surface area contributed by atoms with E-state index in [4.69, 9.17) is 0 Å². The van der Waals surface area contributed by atoms with E-state index in [1.807, 2.05) is 6.92 Å². The lowest BCUT2D eigenvalue weighted by Gasteiger charge is -2.14. The average Bonchev–Trinajstić information content (AvgIpc) is 2.52. The van der Waals surface area contributed by atoms with Gasteiger partial charge in [0.15, 0.2) is 5.43 Å². The highest BCUT2D eigenvalue weighted by molar-refractivity contribution is 5.39. The molecular formula is C21H29NO. The molecule has 1 aliphatic rings. The number of aromatic nitrogens is 1. The van der Waals surface area contributed by atoms with E-state index in [9.17, 15) is 4.79 Å². The Bertz CT molecular complexity index is 815. The van der Waals surface area contributed by atoms with E-state index in [0.29, 0.717) is 0 Å². The summed E-state index contributed by atoms with van der Waals surface area (Å²) >= 11 is 0. The second kappa shape index (κ2) is 7.63. The molecule has 1 aromatic rings. The van der Waals surface area contributed by atoms with Gasteiger partial charge >= 0.3 is 0 Å². The molecule has 0 unspecified atom stereocenters. The number of hydrogen-bond acceptors (Lipinski definition) is 1. The second-order valence-corrected chi connectivity index (χ2v) is 6.82. The number of fused-ring (bicyclic) bond motifs is 1. The van der Waals surface area contributed by atoms with Crippen molar-refractivity contribution in [1.29, 1.82) is 0 Å². The fourth-order valence-electron chi connectivity index (χ4n) is 3.17. The van der Waals surface area contributed by atoms with Crippen molar-refractivity contribution in [3.63, 3.8) is 0 Å². The number of rotatable bonds is 5. The van der Waals surface area contributed by atoms with Crippen molar-refractivity contribution in [2.24, 2.45) is 7.05 Å². The van der Waals surface area contributed by atoms with Crippen LogP contribution in [0.5, 0.6) is 0 Å². The molecule has 2 nitrogen and oxygen atoms in total.